The molecule has 1 heterocycles. The smallest absolute Gasteiger partial charge is 0.196 e. The van der Waals surface area contributed by atoms with Gasteiger partial charge in [0, 0.05) is 16.0 Å². The van der Waals surface area contributed by atoms with E-state index in [0.29, 0.717) is 20.7 Å². The zero-order chi connectivity index (χ0) is 16.9. The molecule has 1 N–H and O–H groups in total. The second-order valence-electron chi connectivity index (χ2n) is 4.71. The van der Waals surface area contributed by atoms with E-state index in [1.54, 1.807) is 18.2 Å². The topological polar surface area (TPSA) is 61.1 Å². The Morgan fingerprint density at radius 2 is 1.96 bits per heavy atom. The highest BCUT2D eigenvalue weighted by Gasteiger charge is 2.10. The van der Waals surface area contributed by atoms with Crippen LogP contribution in [0.4, 0.5) is 5.69 Å². The third kappa shape index (κ3) is 3.74. The molecule has 3 rings (SSSR count). The summed E-state index contributed by atoms with van der Waals surface area (Å²) in [6.45, 7) is 0. The van der Waals surface area contributed by atoms with E-state index in [2.05, 4.69) is 15.5 Å². The Labute approximate surface area is 153 Å². The molecule has 2 aromatic carbocycles. The lowest BCUT2D eigenvalue weighted by Gasteiger charge is -2.03. The number of halogens is 2. The van der Waals surface area contributed by atoms with Crippen molar-refractivity contribution in [2.75, 3.05) is 5.43 Å². The minimum Gasteiger partial charge on any atom is -0.276 e. The molecule has 0 saturated heterocycles. The van der Waals surface area contributed by atoms with Crippen LogP contribution in [0.2, 0.25) is 10.0 Å². The van der Waals surface area contributed by atoms with E-state index in [1.807, 2.05) is 41.8 Å². The van der Waals surface area contributed by atoms with Crippen LogP contribution < -0.4 is 5.43 Å². The standard InChI is InChI=1S/C17H10Cl2N4S/c18-12-6-7-13(19)14(8-12)22-23-15(9-20)17-21-16(10-24-17)11-4-2-1-3-5-11/h1-8,10,22H. The van der Waals surface area contributed by atoms with Crippen LogP contribution >= 0.6 is 34.5 Å². The van der Waals surface area contributed by atoms with Crippen molar-refractivity contribution in [3.8, 4) is 17.3 Å². The van der Waals surface area contributed by atoms with Gasteiger partial charge < -0.3 is 0 Å². The Bertz CT molecular complexity index is 929. The Kier molecular flexibility index (Phi) is 5.11. The normalized spacial score (nSPS) is 11.1. The fraction of sp³-hybridized carbons (Fsp3) is 0. The number of nitrogens with zero attached hydrogens (tertiary/aromatic N) is 3. The summed E-state index contributed by atoms with van der Waals surface area (Å²) in [6, 6.07) is 16.8. The first-order chi connectivity index (χ1) is 11.7. The Hall–Kier alpha value is -2.39. The Morgan fingerprint density at radius 1 is 1.17 bits per heavy atom. The van der Waals surface area contributed by atoms with Gasteiger partial charge in [0.2, 0.25) is 0 Å². The van der Waals surface area contributed by atoms with Gasteiger partial charge in [0.15, 0.2) is 10.7 Å². The lowest BCUT2D eigenvalue weighted by Crippen LogP contribution is -2.01. The van der Waals surface area contributed by atoms with Gasteiger partial charge in [0.05, 0.1) is 16.4 Å². The second-order valence-corrected chi connectivity index (χ2v) is 6.41. The Balaban J connectivity index is 1.86. The summed E-state index contributed by atoms with van der Waals surface area (Å²) in [7, 11) is 0. The lowest BCUT2D eigenvalue weighted by molar-refractivity contribution is 1.31. The molecule has 0 saturated carbocycles. The van der Waals surface area contributed by atoms with Gasteiger partial charge in [-0.1, -0.05) is 53.5 Å². The van der Waals surface area contributed by atoms with Gasteiger partial charge in [-0.3, -0.25) is 5.43 Å². The third-order valence-electron chi connectivity index (χ3n) is 3.10. The highest BCUT2D eigenvalue weighted by molar-refractivity contribution is 7.12. The van der Waals surface area contributed by atoms with Crippen molar-refractivity contribution in [3.05, 3.63) is 69.0 Å². The predicted octanol–water partition coefficient (Wildman–Crippen LogP) is 5.46. The van der Waals surface area contributed by atoms with Gasteiger partial charge in [-0.15, -0.1) is 11.3 Å². The molecule has 0 aliphatic rings. The molecule has 4 nitrogen and oxygen atoms in total. The van der Waals surface area contributed by atoms with Crippen molar-refractivity contribution in [1.29, 1.82) is 5.26 Å². The van der Waals surface area contributed by atoms with Gasteiger partial charge in [-0.05, 0) is 18.2 Å². The first kappa shape index (κ1) is 16.5. The van der Waals surface area contributed by atoms with Crippen molar-refractivity contribution < 1.29 is 0 Å². The summed E-state index contributed by atoms with van der Waals surface area (Å²) in [5, 5.41) is 16.9. The summed E-state index contributed by atoms with van der Waals surface area (Å²) < 4.78 is 0. The fourth-order valence-electron chi connectivity index (χ4n) is 1.94. The quantitative estimate of drug-likeness (QED) is 0.488. The molecule has 0 aliphatic heterocycles. The van der Waals surface area contributed by atoms with E-state index in [0.717, 1.165) is 11.3 Å². The van der Waals surface area contributed by atoms with Crippen LogP contribution in [0.5, 0.6) is 0 Å². The number of hydrazone groups is 1. The number of anilines is 1. The Morgan fingerprint density at radius 3 is 2.71 bits per heavy atom. The number of nitriles is 1. The molecule has 0 amide bonds. The number of aromatic nitrogens is 1. The van der Waals surface area contributed by atoms with Crippen molar-refractivity contribution in [2.24, 2.45) is 5.10 Å². The molecule has 7 heteroatoms. The molecule has 1 aromatic heterocycles. The molecule has 0 atom stereocenters. The van der Waals surface area contributed by atoms with E-state index < -0.39 is 0 Å². The van der Waals surface area contributed by atoms with Crippen molar-refractivity contribution >= 4 is 45.9 Å². The number of thiazole rings is 1. The average molecular weight is 373 g/mol. The minimum absolute atomic E-state index is 0.179. The lowest BCUT2D eigenvalue weighted by atomic mass is 10.2. The van der Waals surface area contributed by atoms with Gasteiger partial charge in [-0.2, -0.15) is 10.4 Å². The molecule has 24 heavy (non-hydrogen) atoms. The number of hydrogen-bond donors (Lipinski definition) is 1. The van der Waals surface area contributed by atoms with E-state index >= 15 is 0 Å². The molecular formula is C17H10Cl2N4S. The summed E-state index contributed by atoms with van der Waals surface area (Å²) >= 11 is 13.4. The van der Waals surface area contributed by atoms with Crippen LogP contribution in [0.1, 0.15) is 5.01 Å². The van der Waals surface area contributed by atoms with Crippen molar-refractivity contribution in [3.63, 3.8) is 0 Å². The summed E-state index contributed by atoms with van der Waals surface area (Å²) in [6.07, 6.45) is 0. The molecule has 3 aromatic rings. The van der Waals surface area contributed by atoms with Crippen molar-refractivity contribution in [1.82, 2.24) is 4.98 Å². The molecule has 0 unspecified atom stereocenters. The second kappa shape index (κ2) is 7.45. The highest BCUT2D eigenvalue weighted by Crippen LogP contribution is 2.26. The van der Waals surface area contributed by atoms with Crippen LogP contribution in [0.3, 0.4) is 0 Å². The van der Waals surface area contributed by atoms with Gasteiger partial charge in [-0.25, -0.2) is 4.98 Å². The van der Waals surface area contributed by atoms with Crippen LogP contribution in [0.25, 0.3) is 11.3 Å². The number of rotatable bonds is 4. The maximum atomic E-state index is 9.35. The van der Waals surface area contributed by atoms with Crippen molar-refractivity contribution in [2.45, 2.75) is 0 Å². The summed E-state index contributed by atoms with van der Waals surface area (Å²) in [4.78, 5) is 4.47. The summed E-state index contributed by atoms with van der Waals surface area (Å²) in [5.74, 6) is 0. The molecule has 0 aliphatic carbocycles. The van der Waals surface area contributed by atoms with E-state index in [-0.39, 0.29) is 5.71 Å². The minimum atomic E-state index is 0.179. The maximum Gasteiger partial charge on any atom is 0.196 e. The van der Waals surface area contributed by atoms with Crippen LogP contribution in [-0.4, -0.2) is 10.7 Å². The largest absolute Gasteiger partial charge is 0.276 e. The van der Waals surface area contributed by atoms with E-state index in [9.17, 15) is 5.26 Å². The number of hydrogen-bond acceptors (Lipinski definition) is 5. The van der Waals surface area contributed by atoms with Gasteiger partial charge in [0.25, 0.3) is 0 Å². The molecule has 0 spiro atoms. The first-order valence-corrected chi connectivity index (χ1v) is 8.51. The third-order valence-corrected chi connectivity index (χ3v) is 4.51. The van der Waals surface area contributed by atoms with Crippen LogP contribution in [0, 0.1) is 11.3 Å². The highest BCUT2D eigenvalue weighted by atomic mass is 35.5. The summed E-state index contributed by atoms with van der Waals surface area (Å²) in [5.41, 5.74) is 5.27. The van der Waals surface area contributed by atoms with Gasteiger partial charge >= 0.3 is 0 Å². The molecule has 0 radical (unpaired) electrons. The van der Waals surface area contributed by atoms with E-state index in [4.69, 9.17) is 23.2 Å². The molecular weight excluding hydrogens is 363 g/mol. The predicted molar refractivity (Wildman–Crippen MR) is 99.8 cm³/mol. The van der Waals surface area contributed by atoms with Gasteiger partial charge in [0.1, 0.15) is 6.07 Å². The maximum absolute atomic E-state index is 9.35. The monoisotopic (exact) mass is 372 g/mol. The molecule has 0 bridgehead atoms. The van der Waals surface area contributed by atoms with Crippen LogP contribution in [0.15, 0.2) is 59.0 Å². The molecule has 118 valence electrons. The SMILES string of the molecule is N#CC(=NNc1cc(Cl)ccc1Cl)c1nc(-c2ccccc2)cs1. The van der Waals surface area contributed by atoms with Crippen LogP contribution in [-0.2, 0) is 0 Å². The molecule has 0 fully saturated rings. The van der Waals surface area contributed by atoms with E-state index in [1.165, 1.54) is 11.3 Å². The number of benzene rings is 2. The fourth-order valence-corrected chi connectivity index (χ4v) is 3.04. The zero-order valence-corrected chi connectivity index (χ0v) is 14.5. The number of nitrogens with one attached hydrogen (secondary N) is 1. The zero-order valence-electron chi connectivity index (χ0n) is 12.2. The average Bonchev–Trinajstić information content (AvgIpc) is 3.09. The first-order valence-electron chi connectivity index (χ1n) is 6.87.